The number of esters is 3. The largest absolute Gasteiger partial charge is 0.462 e. The lowest BCUT2D eigenvalue weighted by Crippen LogP contribution is -2.30. The minimum absolute atomic E-state index is 0.0611. The van der Waals surface area contributed by atoms with Crippen molar-refractivity contribution in [1.82, 2.24) is 0 Å². The molecule has 6 nitrogen and oxygen atoms in total. The second-order valence-corrected chi connectivity index (χ2v) is 26.6. The van der Waals surface area contributed by atoms with Gasteiger partial charge in [0.25, 0.3) is 0 Å². The second kappa shape index (κ2) is 72.9. The molecular weight excluding hydrogens is 1020 g/mol. The normalized spacial score (nSPS) is 11.9. The molecule has 0 amide bonds. The van der Waals surface area contributed by atoms with Gasteiger partial charge in [0.15, 0.2) is 6.10 Å². The van der Waals surface area contributed by atoms with E-state index in [0.29, 0.717) is 19.3 Å². The average molecular weight is 1170 g/mol. The zero-order valence-electron chi connectivity index (χ0n) is 57.0. The lowest BCUT2D eigenvalue weighted by Gasteiger charge is -2.18. The molecule has 0 aliphatic heterocycles. The maximum Gasteiger partial charge on any atom is 0.306 e. The van der Waals surface area contributed by atoms with Gasteiger partial charge in [-0.15, -0.1) is 0 Å². The van der Waals surface area contributed by atoms with Crippen LogP contribution >= 0.6 is 0 Å². The zero-order chi connectivity index (χ0) is 59.9. The quantitative estimate of drug-likeness (QED) is 0.0343. The molecule has 1 atom stereocenters. The summed E-state index contributed by atoms with van der Waals surface area (Å²) in [6.45, 7) is 6.70. The average Bonchev–Trinajstić information content (AvgIpc) is 3.50. The molecule has 0 heterocycles. The third kappa shape index (κ3) is 71.1. The number of ether oxygens (including phenoxy) is 3. The lowest BCUT2D eigenvalue weighted by molar-refractivity contribution is -0.167. The monoisotopic (exact) mass is 1170 g/mol. The second-order valence-electron chi connectivity index (χ2n) is 26.6. The Labute approximate surface area is 520 Å². The third-order valence-electron chi connectivity index (χ3n) is 18.1. The third-order valence-corrected chi connectivity index (χ3v) is 18.1. The number of rotatable bonds is 73. The highest BCUT2D eigenvalue weighted by molar-refractivity contribution is 5.71. The maximum absolute atomic E-state index is 12.9. The fourth-order valence-corrected chi connectivity index (χ4v) is 12.3. The van der Waals surface area contributed by atoms with Gasteiger partial charge < -0.3 is 14.2 Å². The summed E-state index contributed by atoms with van der Waals surface area (Å²) in [5, 5.41) is 0. The van der Waals surface area contributed by atoms with Crippen molar-refractivity contribution < 1.29 is 28.6 Å². The summed E-state index contributed by atoms with van der Waals surface area (Å²) in [5.74, 6) is -0.829. The first-order chi connectivity index (χ1) is 41.0. The number of carbonyl (C=O) groups is 3. The van der Waals surface area contributed by atoms with Gasteiger partial charge in [0.2, 0.25) is 0 Å². The molecule has 494 valence electrons. The Balaban J connectivity index is 3.93. The standard InChI is InChI=1S/C77H150O6/c1-4-7-10-13-16-18-20-22-24-26-28-30-32-34-36-37-38-39-41-42-44-46-48-50-52-54-56-58-61-64-67-70-76(79)82-73-74(72-81-75(78)69-66-63-60-15-12-9-6-3)83-77(80)71-68-65-62-59-57-55-53-51-49-47-45-43-40-35-33-31-29-27-25-23-21-19-17-14-11-8-5-2/h74H,4-73H2,1-3H3. The topological polar surface area (TPSA) is 78.9 Å². The fraction of sp³-hybridized carbons (Fsp3) is 0.961. The van der Waals surface area contributed by atoms with E-state index in [1.165, 1.54) is 360 Å². The van der Waals surface area contributed by atoms with Gasteiger partial charge in [0, 0.05) is 19.3 Å². The van der Waals surface area contributed by atoms with Gasteiger partial charge in [-0.3, -0.25) is 14.4 Å². The van der Waals surface area contributed by atoms with Crippen molar-refractivity contribution >= 4 is 17.9 Å². The Hall–Kier alpha value is -1.59. The van der Waals surface area contributed by atoms with Crippen molar-refractivity contribution in [3.8, 4) is 0 Å². The van der Waals surface area contributed by atoms with E-state index < -0.39 is 6.10 Å². The summed E-state index contributed by atoms with van der Waals surface area (Å²) in [6.07, 6.45) is 87.8. The van der Waals surface area contributed by atoms with Crippen molar-refractivity contribution in [1.29, 1.82) is 0 Å². The summed E-state index contributed by atoms with van der Waals surface area (Å²) in [6, 6.07) is 0. The van der Waals surface area contributed by atoms with Crippen molar-refractivity contribution in [2.75, 3.05) is 13.2 Å². The molecule has 0 bridgehead atoms. The Bertz CT molecular complexity index is 1250. The van der Waals surface area contributed by atoms with E-state index >= 15 is 0 Å². The number of hydrogen-bond donors (Lipinski definition) is 0. The number of carbonyl (C=O) groups excluding carboxylic acids is 3. The molecule has 0 radical (unpaired) electrons. The summed E-state index contributed by atoms with van der Waals surface area (Å²) < 4.78 is 16.9. The van der Waals surface area contributed by atoms with Crippen LogP contribution in [-0.4, -0.2) is 37.2 Å². The highest BCUT2D eigenvalue weighted by atomic mass is 16.6. The van der Waals surface area contributed by atoms with Crippen molar-refractivity contribution in [3.63, 3.8) is 0 Å². The molecule has 0 saturated carbocycles. The van der Waals surface area contributed by atoms with Crippen LogP contribution in [0.25, 0.3) is 0 Å². The summed E-state index contributed by atoms with van der Waals surface area (Å²) >= 11 is 0. The van der Waals surface area contributed by atoms with Crippen LogP contribution in [0.5, 0.6) is 0 Å². The van der Waals surface area contributed by atoms with Gasteiger partial charge in [-0.05, 0) is 19.3 Å². The first kappa shape index (κ1) is 81.4. The van der Waals surface area contributed by atoms with Gasteiger partial charge in [0.1, 0.15) is 13.2 Å². The molecule has 6 heteroatoms. The van der Waals surface area contributed by atoms with Crippen LogP contribution in [0.4, 0.5) is 0 Å². The van der Waals surface area contributed by atoms with Gasteiger partial charge >= 0.3 is 17.9 Å². The smallest absolute Gasteiger partial charge is 0.306 e. The highest BCUT2D eigenvalue weighted by Crippen LogP contribution is 2.20. The molecular formula is C77H150O6. The fourth-order valence-electron chi connectivity index (χ4n) is 12.3. The molecule has 0 aliphatic carbocycles. The van der Waals surface area contributed by atoms with E-state index in [4.69, 9.17) is 14.2 Å². The number of hydrogen-bond acceptors (Lipinski definition) is 6. The van der Waals surface area contributed by atoms with Crippen LogP contribution in [0.2, 0.25) is 0 Å². The summed E-state index contributed by atoms with van der Waals surface area (Å²) in [4.78, 5) is 38.2. The van der Waals surface area contributed by atoms with Gasteiger partial charge in [-0.1, -0.05) is 419 Å². The predicted octanol–water partition coefficient (Wildman–Crippen LogP) is 26.6. The Morgan fingerprint density at radius 2 is 0.325 bits per heavy atom. The van der Waals surface area contributed by atoms with Gasteiger partial charge in [0.05, 0.1) is 0 Å². The van der Waals surface area contributed by atoms with E-state index in [1.807, 2.05) is 0 Å². The first-order valence-corrected chi connectivity index (χ1v) is 38.5. The van der Waals surface area contributed by atoms with E-state index in [9.17, 15) is 14.4 Å². The van der Waals surface area contributed by atoms with E-state index in [-0.39, 0.29) is 31.1 Å². The molecule has 0 aromatic heterocycles. The van der Waals surface area contributed by atoms with Crippen molar-refractivity contribution in [2.45, 2.75) is 463 Å². The van der Waals surface area contributed by atoms with Crippen LogP contribution in [0, 0.1) is 0 Å². The predicted molar refractivity (Wildman–Crippen MR) is 363 cm³/mol. The molecule has 0 rings (SSSR count). The van der Waals surface area contributed by atoms with Crippen LogP contribution < -0.4 is 0 Å². The van der Waals surface area contributed by atoms with E-state index in [0.717, 1.165) is 57.8 Å². The van der Waals surface area contributed by atoms with Gasteiger partial charge in [-0.2, -0.15) is 0 Å². The number of unbranched alkanes of at least 4 members (excludes halogenated alkanes) is 62. The van der Waals surface area contributed by atoms with Crippen LogP contribution in [-0.2, 0) is 28.6 Å². The Morgan fingerprint density at radius 3 is 0.482 bits per heavy atom. The van der Waals surface area contributed by atoms with Crippen molar-refractivity contribution in [3.05, 3.63) is 0 Å². The molecule has 1 unspecified atom stereocenters. The van der Waals surface area contributed by atoms with Crippen LogP contribution in [0.15, 0.2) is 0 Å². The zero-order valence-corrected chi connectivity index (χ0v) is 57.0. The minimum Gasteiger partial charge on any atom is -0.462 e. The van der Waals surface area contributed by atoms with Crippen LogP contribution in [0.3, 0.4) is 0 Å². The molecule has 83 heavy (non-hydrogen) atoms. The summed E-state index contributed by atoms with van der Waals surface area (Å²) in [7, 11) is 0. The van der Waals surface area contributed by atoms with E-state index in [1.54, 1.807) is 0 Å². The molecule has 0 N–H and O–H groups in total. The Kier molecular flexibility index (Phi) is 71.5. The highest BCUT2D eigenvalue weighted by Gasteiger charge is 2.20. The molecule has 0 aliphatic rings. The van der Waals surface area contributed by atoms with Crippen molar-refractivity contribution in [2.24, 2.45) is 0 Å². The lowest BCUT2D eigenvalue weighted by atomic mass is 10.0. The Morgan fingerprint density at radius 1 is 0.193 bits per heavy atom. The maximum atomic E-state index is 12.9. The van der Waals surface area contributed by atoms with E-state index in [2.05, 4.69) is 20.8 Å². The SMILES string of the molecule is CCCCCCCCCCCCCCCCCCCCCCCCCCCCCCCCCC(=O)OCC(COC(=O)CCCCCCCCC)OC(=O)CCCCCCCCCCCCCCCCCCCCCCCCCCCCC. The molecule has 0 fully saturated rings. The summed E-state index contributed by atoms with van der Waals surface area (Å²) in [5.41, 5.74) is 0. The van der Waals surface area contributed by atoms with Gasteiger partial charge in [-0.25, -0.2) is 0 Å². The van der Waals surface area contributed by atoms with Crippen LogP contribution in [0.1, 0.15) is 457 Å². The molecule has 0 spiro atoms. The molecule has 0 aromatic carbocycles. The molecule has 0 saturated heterocycles. The molecule has 0 aromatic rings. The first-order valence-electron chi connectivity index (χ1n) is 38.5. The minimum atomic E-state index is -0.762.